The Morgan fingerprint density at radius 3 is 2.88 bits per heavy atom. The number of nitrogens with one attached hydrogen (secondary N) is 1. The van der Waals surface area contributed by atoms with Crippen LogP contribution in [0.5, 0.6) is 0 Å². The molecule has 9 heteroatoms. The molecule has 1 N–H and O–H groups in total. The standard InChI is InChI=1S/C23H25BrN6O2/c1-2-22(31)30(8-4-7-29-9-11-32-12-10-29)21-14-19-20(15-25-21)26-16-27-23(19)28-18-6-3-5-17(24)13-18/h2-3,5-6,13-16H,1,4,7-12H2,(H,26,27,28). The Bertz CT molecular complexity index is 1100. The van der Waals surface area contributed by atoms with Gasteiger partial charge in [-0.2, -0.15) is 0 Å². The molecule has 1 aliphatic rings. The molecule has 4 rings (SSSR count). The van der Waals surface area contributed by atoms with Gasteiger partial charge in [-0.3, -0.25) is 14.6 Å². The third-order valence-corrected chi connectivity index (χ3v) is 5.76. The summed E-state index contributed by atoms with van der Waals surface area (Å²) in [5, 5.41) is 4.12. The second-order valence-electron chi connectivity index (χ2n) is 7.42. The molecule has 0 spiro atoms. The fourth-order valence-electron chi connectivity index (χ4n) is 3.62. The van der Waals surface area contributed by atoms with E-state index in [4.69, 9.17) is 4.74 Å². The molecular weight excluding hydrogens is 472 g/mol. The average Bonchev–Trinajstić information content (AvgIpc) is 2.82. The molecule has 1 aromatic carbocycles. The maximum Gasteiger partial charge on any atom is 0.251 e. The lowest BCUT2D eigenvalue weighted by molar-refractivity contribution is -0.114. The van der Waals surface area contributed by atoms with Crippen LogP contribution in [-0.2, 0) is 9.53 Å². The van der Waals surface area contributed by atoms with Crippen LogP contribution in [0.1, 0.15) is 6.42 Å². The van der Waals surface area contributed by atoms with E-state index in [0.29, 0.717) is 23.7 Å². The van der Waals surface area contributed by atoms with Crippen molar-refractivity contribution in [2.24, 2.45) is 0 Å². The number of halogens is 1. The number of aromatic nitrogens is 3. The highest BCUT2D eigenvalue weighted by Gasteiger charge is 2.17. The van der Waals surface area contributed by atoms with Crippen molar-refractivity contribution in [3.05, 3.63) is 60.0 Å². The van der Waals surface area contributed by atoms with Crippen molar-refractivity contribution in [1.82, 2.24) is 19.9 Å². The summed E-state index contributed by atoms with van der Waals surface area (Å²) in [5.74, 6) is 1.02. The lowest BCUT2D eigenvalue weighted by atomic mass is 10.2. The van der Waals surface area contributed by atoms with Gasteiger partial charge in [0.1, 0.15) is 18.0 Å². The van der Waals surface area contributed by atoms with Crippen molar-refractivity contribution < 1.29 is 9.53 Å². The van der Waals surface area contributed by atoms with Gasteiger partial charge in [0.15, 0.2) is 0 Å². The van der Waals surface area contributed by atoms with Crippen molar-refractivity contribution in [2.75, 3.05) is 49.6 Å². The van der Waals surface area contributed by atoms with Gasteiger partial charge in [0.2, 0.25) is 0 Å². The summed E-state index contributed by atoms with van der Waals surface area (Å²) >= 11 is 3.49. The highest BCUT2D eigenvalue weighted by molar-refractivity contribution is 9.10. The van der Waals surface area contributed by atoms with Gasteiger partial charge in [-0.25, -0.2) is 15.0 Å². The summed E-state index contributed by atoms with van der Waals surface area (Å²) in [6, 6.07) is 9.68. The minimum atomic E-state index is -0.183. The van der Waals surface area contributed by atoms with Crippen molar-refractivity contribution in [2.45, 2.75) is 6.42 Å². The molecule has 0 bridgehead atoms. The molecule has 3 aromatic rings. The molecule has 1 amide bonds. The Kier molecular flexibility index (Phi) is 7.41. The van der Waals surface area contributed by atoms with Crippen LogP contribution >= 0.6 is 15.9 Å². The minimum Gasteiger partial charge on any atom is -0.379 e. The molecule has 1 fully saturated rings. The van der Waals surface area contributed by atoms with E-state index in [1.54, 1.807) is 11.1 Å². The second kappa shape index (κ2) is 10.6. The first kappa shape index (κ1) is 22.3. The van der Waals surface area contributed by atoms with Crippen LogP contribution in [0.25, 0.3) is 10.9 Å². The van der Waals surface area contributed by atoms with Crippen LogP contribution in [-0.4, -0.2) is 65.2 Å². The summed E-state index contributed by atoms with van der Waals surface area (Å²) in [4.78, 5) is 29.9. The molecule has 2 aromatic heterocycles. The average molecular weight is 497 g/mol. The fourth-order valence-corrected chi connectivity index (χ4v) is 4.02. The number of carbonyl (C=O) groups is 1. The molecule has 0 atom stereocenters. The van der Waals surface area contributed by atoms with Gasteiger partial charge in [-0.15, -0.1) is 0 Å². The monoisotopic (exact) mass is 496 g/mol. The molecule has 0 saturated carbocycles. The molecule has 0 aliphatic carbocycles. The third kappa shape index (κ3) is 5.48. The van der Waals surface area contributed by atoms with E-state index < -0.39 is 0 Å². The van der Waals surface area contributed by atoms with Gasteiger partial charge >= 0.3 is 0 Å². The third-order valence-electron chi connectivity index (χ3n) is 5.27. The molecular formula is C23H25BrN6O2. The second-order valence-corrected chi connectivity index (χ2v) is 8.33. The zero-order valence-corrected chi connectivity index (χ0v) is 19.3. The van der Waals surface area contributed by atoms with Crippen molar-refractivity contribution in [3.8, 4) is 0 Å². The van der Waals surface area contributed by atoms with Gasteiger partial charge in [0.05, 0.1) is 24.9 Å². The molecule has 0 unspecified atom stereocenters. The topological polar surface area (TPSA) is 83.5 Å². The fraction of sp³-hybridized carbons (Fsp3) is 0.304. The van der Waals surface area contributed by atoms with Gasteiger partial charge < -0.3 is 10.1 Å². The Balaban J connectivity index is 1.57. The Hall–Kier alpha value is -2.88. The molecule has 32 heavy (non-hydrogen) atoms. The number of benzene rings is 1. The Labute approximate surface area is 195 Å². The molecule has 0 radical (unpaired) electrons. The number of hydrogen-bond acceptors (Lipinski definition) is 7. The van der Waals surface area contributed by atoms with Crippen molar-refractivity contribution >= 4 is 50.1 Å². The molecule has 1 aliphatic heterocycles. The number of hydrogen-bond donors (Lipinski definition) is 1. The number of ether oxygens (including phenoxy) is 1. The van der Waals surface area contributed by atoms with Gasteiger partial charge in [-0.05, 0) is 36.8 Å². The van der Waals surface area contributed by atoms with E-state index in [2.05, 4.69) is 47.7 Å². The van der Waals surface area contributed by atoms with Crippen LogP contribution in [0, 0.1) is 0 Å². The van der Waals surface area contributed by atoms with Crippen LogP contribution in [0.15, 0.2) is 60.0 Å². The lowest BCUT2D eigenvalue weighted by Gasteiger charge is -2.28. The summed E-state index contributed by atoms with van der Waals surface area (Å²) < 4.78 is 6.37. The van der Waals surface area contributed by atoms with Crippen LogP contribution < -0.4 is 10.2 Å². The van der Waals surface area contributed by atoms with Crippen molar-refractivity contribution in [3.63, 3.8) is 0 Å². The van der Waals surface area contributed by atoms with Crippen LogP contribution in [0.2, 0.25) is 0 Å². The van der Waals surface area contributed by atoms with Crippen LogP contribution in [0.3, 0.4) is 0 Å². The smallest absolute Gasteiger partial charge is 0.251 e. The van der Waals surface area contributed by atoms with E-state index in [0.717, 1.165) is 54.8 Å². The summed E-state index contributed by atoms with van der Waals surface area (Å²) in [7, 11) is 0. The first-order valence-electron chi connectivity index (χ1n) is 10.5. The first-order valence-corrected chi connectivity index (χ1v) is 11.3. The number of nitrogens with zero attached hydrogens (tertiary/aromatic N) is 5. The highest BCUT2D eigenvalue weighted by Crippen LogP contribution is 2.27. The number of anilines is 3. The SMILES string of the molecule is C=CC(=O)N(CCCN1CCOCC1)c1cc2c(Nc3cccc(Br)c3)ncnc2cn1. The normalized spacial score (nSPS) is 14.3. The predicted octanol–water partition coefficient (Wildman–Crippen LogP) is 3.77. The maximum absolute atomic E-state index is 12.6. The van der Waals surface area contributed by atoms with E-state index in [1.807, 2.05) is 30.3 Å². The first-order chi connectivity index (χ1) is 15.6. The van der Waals surface area contributed by atoms with E-state index in [-0.39, 0.29) is 5.91 Å². The number of morpholine rings is 1. The molecule has 1 saturated heterocycles. The van der Waals surface area contributed by atoms with Crippen molar-refractivity contribution in [1.29, 1.82) is 0 Å². The van der Waals surface area contributed by atoms with Crippen LogP contribution in [0.4, 0.5) is 17.3 Å². The maximum atomic E-state index is 12.6. The summed E-state index contributed by atoms with van der Waals surface area (Å²) in [5.41, 5.74) is 1.59. The Morgan fingerprint density at radius 2 is 2.09 bits per heavy atom. The van der Waals surface area contributed by atoms with E-state index in [1.165, 1.54) is 12.4 Å². The van der Waals surface area contributed by atoms with Gasteiger partial charge in [0, 0.05) is 41.7 Å². The number of fused-ring (bicyclic) bond motifs is 1. The quantitative estimate of drug-likeness (QED) is 0.475. The predicted molar refractivity (Wildman–Crippen MR) is 129 cm³/mol. The number of rotatable bonds is 8. The van der Waals surface area contributed by atoms with E-state index >= 15 is 0 Å². The van der Waals surface area contributed by atoms with E-state index in [9.17, 15) is 4.79 Å². The molecule has 166 valence electrons. The highest BCUT2D eigenvalue weighted by atomic mass is 79.9. The number of pyridine rings is 1. The Morgan fingerprint density at radius 1 is 1.25 bits per heavy atom. The zero-order chi connectivity index (χ0) is 22.3. The number of carbonyl (C=O) groups excluding carboxylic acids is 1. The zero-order valence-electron chi connectivity index (χ0n) is 17.7. The van der Waals surface area contributed by atoms with Gasteiger partial charge in [-0.1, -0.05) is 28.6 Å². The molecule has 8 nitrogen and oxygen atoms in total. The largest absolute Gasteiger partial charge is 0.379 e. The lowest BCUT2D eigenvalue weighted by Crippen LogP contribution is -2.39. The molecule has 3 heterocycles. The minimum absolute atomic E-state index is 0.183. The number of amides is 1. The summed E-state index contributed by atoms with van der Waals surface area (Å²) in [6.07, 6.45) is 5.32. The summed E-state index contributed by atoms with van der Waals surface area (Å²) in [6.45, 7) is 8.47. The van der Waals surface area contributed by atoms with Gasteiger partial charge in [0.25, 0.3) is 5.91 Å².